The van der Waals surface area contributed by atoms with Gasteiger partial charge in [-0.1, -0.05) is 48.5 Å². The van der Waals surface area contributed by atoms with Gasteiger partial charge in [-0.15, -0.1) is 0 Å². The van der Waals surface area contributed by atoms with Gasteiger partial charge in [0.2, 0.25) is 5.91 Å². The molecule has 0 unspecified atom stereocenters. The predicted octanol–water partition coefficient (Wildman–Crippen LogP) is 5.37. The normalized spacial score (nSPS) is 17.9. The van der Waals surface area contributed by atoms with E-state index in [-0.39, 0.29) is 11.8 Å². The molecule has 192 valence electrons. The van der Waals surface area contributed by atoms with Crippen LogP contribution in [0, 0.1) is 0 Å². The summed E-state index contributed by atoms with van der Waals surface area (Å²) in [5.74, 6) is 0.860. The summed E-state index contributed by atoms with van der Waals surface area (Å²) in [4.78, 5) is 31.9. The van der Waals surface area contributed by atoms with Crippen LogP contribution in [0.5, 0.6) is 11.5 Å². The highest BCUT2D eigenvalue weighted by Gasteiger charge is 2.47. The molecule has 0 saturated heterocycles. The number of likely N-dealkylation sites (N-methyl/N-ethyl adjacent to an activating group) is 1. The number of benzene rings is 3. The maximum absolute atomic E-state index is 14.4. The lowest BCUT2D eigenvalue weighted by Crippen LogP contribution is -2.50. The fraction of sp³-hybridized carbons (Fsp3) is 0.355. The smallest absolute Gasteiger partial charge is 0.254 e. The molecule has 3 aromatic rings. The molecule has 0 N–H and O–H groups in total. The van der Waals surface area contributed by atoms with E-state index in [1.54, 1.807) is 0 Å². The Bertz CT molecular complexity index is 1290. The van der Waals surface area contributed by atoms with Crippen LogP contribution in [0.25, 0.3) is 0 Å². The van der Waals surface area contributed by atoms with E-state index in [4.69, 9.17) is 9.47 Å². The van der Waals surface area contributed by atoms with Crippen molar-refractivity contribution in [1.82, 2.24) is 9.80 Å². The summed E-state index contributed by atoms with van der Waals surface area (Å²) in [6.07, 6.45) is 0.703. The van der Waals surface area contributed by atoms with E-state index in [1.807, 2.05) is 97.3 Å². The van der Waals surface area contributed by atoms with Crippen LogP contribution in [-0.4, -0.2) is 47.9 Å². The number of fused-ring (bicyclic) bond motifs is 4. The molecule has 2 heterocycles. The fourth-order valence-corrected chi connectivity index (χ4v) is 5.68. The van der Waals surface area contributed by atoms with Crippen LogP contribution < -0.4 is 9.47 Å². The molecule has 0 aromatic heterocycles. The van der Waals surface area contributed by atoms with Crippen LogP contribution in [0.15, 0.2) is 66.7 Å². The van der Waals surface area contributed by atoms with Crippen LogP contribution >= 0.6 is 0 Å². The SMILES string of the molecule is CCOc1cc2c(cc1OCC)[C@@H]1[C@H](C(=O)N(CC)Cc3ccccc3)c3ccccc3C(=O)N1CC2. The topological polar surface area (TPSA) is 59.1 Å². The quantitative estimate of drug-likeness (QED) is 0.419. The maximum atomic E-state index is 14.4. The highest BCUT2D eigenvalue weighted by molar-refractivity contribution is 6.01. The van der Waals surface area contributed by atoms with Crippen molar-refractivity contribution in [3.8, 4) is 11.5 Å². The van der Waals surface area contributed by atoms with Gasteiger partial charge in [-0.05, 0) is 67.6 Å². The van der Waals surface area contributed by atoms with Gasteiger partial charge in [-0.25, -0.2) is 0 Å². The Morgan fingerprint density at radius 3 is 2.30 bits per heavy atom. The maximum Gasteiger partial charge on any atom is 0.254 e. The van der Waals surface area contributed by atoms with Crippen molar-refractivity contribution < 1.29 is 19.1 Å². The number of hydrogen-bond acceptors (Lipinski definition) is 4. The zero-order valence-corrected chi connectivity index (χ0v) is 21.8. The van der Waals surface area contributed by atoms with Crippen molar-refractivity contribution >= 4 is 11.8 Å². The number of carbonyl (C=O) groups excluding carboxylic acids is 2. The first-order valence-corrected chi connectivity index (χ1v) is 13.2. The number of rotatable bonds is 8. The van der Waals surface area contributed by atoms with Crippen molar-refractivity contribution in [2.24, 2.45) is 0 Å². The summed E-state index contributed by atoms with van der Waals surface area (Å²) < 4.78 is 11.8. The first-order valence-electron chi connectivity index (χ1n) is 13.2. The molecule has 3 aromatic carbocycles. The summed E-state index contributed by atoms with van der Waals surface area (Å²) in [7, 11) is 0. The van der Waals surface area contributed by atoms with Gasteiger partial charge < -0.3 is 19.3 Å². The second-order valence-electron chi connectivity index (χ2n) is 9.46. The van der Waals surface area contributed by atoms with Gasteiger partial charge in [0.05, 0.1) is 25.2 Å². The van der Waals surface area contributed by atoms with E-state index in [0.717, 1.165) is 22.3 Å². The van der Waals surface area contributed by atoms with Crippen molar-refractivity contribution in [3.63, 3.8) is 0 Å². The van der Waals surface area contributed by atoms with E-state index < -0.39 is 12.0 Å². The predicted molar refractivity (Wildman–Crippen MR) is 143 cm³/mol. The zero-order valence-electron chi connectivity index (χ0n) is 21.8. The summed E-state index contributed by atoms with van der Waals surface area (Å²) in [6, 6.07) is 21.3. The minimum absolute atomic E-state index is 0.0201. The Balaban J connectivity index is 1.63. The van der Waals surface area contributed by atoms with Gasteiger partial charge in [0, 0.05) is 25.2 Å². The molecular formula is C31H34N2O4. The fourth-order valence-electron chi connectivity index (χ4n) is 5.68. The molecule has 5 rings (SSSR count). The van der Waals surface area contributed by atoms with E-state index >= 15 is 0 Å². The third-order valence-electron chi connectivity index (χ3n) is 7.36. The third-order valence-corrected chi connectivity index (χ3v) is 7.36. The lowest BCUT2D eigenvalue weighted by atomic mass is 9.75. The molecule has 0 saturated carbocycles. The van der Waals surface area contributed by atoms with E-state index in [2.05, 4.69) is 0 Å². The number of ether oxygens (including phenoxy) is 2. The molecule has 0 radical (unpaired) electrons. The Morgan fingerprint density at radius 2 is 1.59 bits per heavy atom. The van der Waals surface area contributed by atoms with Gasteiger partial charge >= 0.3 is 0 Å². The molecule has 2 aliphatic heterocycles. The summed E-state index contributed by atoms with van der Waals surface area (Å²) in [5, 5.41) is 0. The van der Waals surface area contributed by atoms with E-state index in [1.165, 1.54) is 0 Å². The second kappa shape index (κ2) is 10.7. The monoisotopic (exact) mass is 498 g/mol. The summed E-state index contributed by atoms with van der Waals surface area (Å²) in [5.41, 5.74) is 4.57. The minimum atomic E-state index is -0.510. The van der Waals surface area contributed by atoms with Gasteiger partial charge in [-0.2, -0.15) is 0 Å². The Hall–Kier alpha value is -3.80. The lowest BCUT2D eigenvalue weighted by Gasteiger charge is -2.46. The highest BCUT2D eigenvalue weighted by atomic mass is 16.5. The van der Waals surface area contributed by atoms with Gasteiger partial charge in [-0.3, -0.25) is 9.59 Å². The number of amides is 2. The van der Waals surface area contributed by atoms with Gasteiger partial charge in [0.15, 0.2) is 11.5 Å². The Morgan fingerprint density at radius 1 is 0.919 bits per heavy atom. The molecule has 6 heteroatoms. The van der Waals surface area contributed by atoms with Crippen LogP contribution in [0.3, 0.4) is 0 Å². The van der Waals surface area contributed by atoms with Crippen molar-refractivity contribution in [1.29, 1.82) is 0 Å². The summed E-state index contributed by atoms with van der Waals surface area (Å²) >= 11 is 0. The first kappa shape index (κ1) is 24.9. The van der Waals surface area contributed by atoms with Crippen molar-refractivity contribution in [2.45, 2.75) is 45.7 Å². The first-order chi connectivity index (χ1) is 18.1. The van der Waals surface area contributed by atoms with Crippen LogP contribution in [0.4, 0.5) is 0 Å². The standard InChI is InChI=1S/C31H34N2O4/c1-4-32(20-21-12-8-7-9-13-21)31(35)28-23-14-10-11-15-24(23)30(34)33-17-16-22-18-26(36-5-2)27(37-6-3)19-25(22)29(28)33/h7-15,18-19,28-29H,4-6,16-17,20H2,1-3H3/t28-,29-/m1/s1. The molecule has 0 spiro atoms. The number of hydrogen-bond donors (Lipinski definition) is 0. The molecule has 37 heavy (non-hydrogen) atoms. The van der Waals surface area contributed by atoms with Crippen LogP contribution in [0.2, 0.25) is 0 Å². The average Bonchev–Trinajstić information content (AvgIpc) is 2.93. The molecule has 0 aliphatic carbocycles. The zero-order chi connectivity index (χ0) is 25.9. The highest BCUT2D eigenvalue weighted by Crippen LogP contribution is 2.49. The second-order valence-corrected chi connectivity index (χ2v) is 9.46. The number of nitrogens with zero attached hydrogens (tertiary/aromatic N) is 2. The molecule has 2 aliphatic rings. The lowest BCUT2D eigenvalue weighted by molar-refractivity contribution is -0.135. The Kier molecular flexibility index (Phi) is 7.17. The van der Waals surface area contributed by atoms with Crippen LogP contribution in [-0.2, 0) is 17.8 Å². The summed E-state index contributed by atoms with van der Waals surface area (Å²) in [6.45, 7) is 8.59. The molecular weight excluding hydrogens is 464 g/mol. The molecule has 0 bridgehead atoms. The largest absolute Gasteiger partial charge is 0.490 e. The molecule has 6 nitrogen and oxygen atoms in total. The Labute approximate surface area is 218 Å². The van der Waals surface area contributed by atoms with Crippen molar-refractivity contribution in [3.05, 3.63) is 94.5 Å². The number of carbonyl (C=O) groups is 2. The van der Waals surface area contributed by atoms with Gasteiger partial charge in [0.1, 0.15) is 0 Å². The van der Waals surface area contributed by atoms with Gasteiger partial charge in [0.25, 0.3) is 5.91 Å². The molecule has 2 amide bonds. The average molecular weight is 499 g/mol. The van der Waals surface area contributed by atoms with E-state index in [9.17, 15) is 9.59 Å². The minimum Gasteiger partial charge on any atom is -0.490 e. The van der Waals surface area contributed by atoms with Crippen molar-refractivity contribution in [2.75, 3.05) is 26.3 Å². The molecule has 0 fully saturated rings. The van der Waals surface area contributed by atoms with E-state index in [0.29, 0.717) is 56.3 Å². The third kappa shape index (κ3) is 4.57. The van der Waals surface area contributed by atoms with Crippen LogP contribution in [0.1, 0.15) is 65.3 Å². The molecule has 2 atom stereocenters.